The highest BCUT2D eigenvalue weighted by Crippen LogP contribution is 2.26. The van der Waals surface area contributed by atoms with Gasteiger partial charge in [-0.2, -0.15) is 4.31 Å². The molecule has 4 rings (SSSR count). The van der Waals surface area contributed by atoms with E-state index in [1.165, 1.54) is 4.31 Å². The van der Waals surface area contributed by atoms with Crippen LogP contribution in [0.4, 0.5) is 0 Å². The number of nitrogens with one attached hydrogen (secondary N) is 2. The van der Waals surface area contributed by atoms with Crippen LogP contribution in [0.15, 0.2) is 40.6 Å². The van der Waals surface area contributed by atoms with Gasteiger partial charge in [0, 0.05) is 33.9 Å². The van der Waals surface area contributed by atoms with E-state index in [0.29, 0.717) is 37.0 Å². The molecule has 1 fully saturated rings. The number of thiophene rings is 1. The Balaban J connectivity index is 1.43. The van der Waals surface area contributed by atoms with Gasteiger partial charge >= 0.3 is 0 Å². The Morgan fingerprint density at radius 3 is 2.79 bits per heavy atom. The third-order valence-corrected chi connectivity index (χ3v) is 8.14. The van der Waals surface area contributed by atoms with Gasteiger partial charge in [-0.3, -0.25) is 4.79 Å². The summed E-state index contributed by atoms with van der Waals surface area (Å²) in [5.41, 5.74) is 1.25. The fraction of sp³-hybridized carbons (Fsp3) is 0.278. The fourth-order valence-electron chi connectivity index (χ4n) is 2.99. The summed E-state index contributed by atoms with van der Waals surface area (Å²) in [5, 5.41) is 4.27. The molecule has 7 nitrogen and oxygen atoms in total. The van der Waals surface area contributed by atoms with E-state index in [2.05, 4.69) is 10.3 Å². The molecular weight excluding hydrogens is 422 g/mol. The van der Waals surface area contributed by atoms with Crippen molar-refractivity contribution in [2.24, 2.45) is 0 Å². The summed E-state index contributed by atoms with van der Waals surface area (Å²) in [6, 6.07) is 10.4. The minimum atomic E-state index is -3.51. The number of aromatic amines is 1. The molecule has 3 heterocycles. The maximum atomic E-state index is 12.7. The molecule has 10 heteroatoms. The molecule has 0 atom stereocenters. The Bertz CT molecular complexity index is 1120. The monoisotopic (exact) mass is 439 g/mol. The second kappa shape index (κ2) is 7.84. The lowest BCUT2D eigenvalue weighted by atomic mass is 10.2. The molecule has 2 aromatic heterocycles. The standard InChI is InChI=1S/C18H18ClN3O4S2/c19-13-1-3-15-12(9-13)10-16(21-15)18(23)20-11-14-2-4-17(27-14)28(24,25)22-5-7-26-8-6-22/h1-4,9-10,21H,5-8,11H2,(H,20,23). The molecule has 148 valence electrons. The van der Waals surface area contributed by atoms with Crippen molar-refractivity contribution in [1.82, 2.24) is 14.6 Å². The highest BCUT2D eigenvalue weighted by Gasteiger charge is 2.27. The number of aromatic nitrogens is 1. The number of fused-ring (bicyclic) bond motifs is 1. The van der Waals surface area contributed by atoms with E-state index in [-0.39, 0.29) is 16.7 Å². The van der Waals surface area contributed by atoms with Crippen LogP contribution in [0.1, 0.15) is 15.4 Å². The van der Waals surface area contributed by atoms with Crippen LogP contribution in [0, 0.1) is 0 Å². The molecule has 0 unspecified atom stereocenters. The molecular formula is C18H18ClN3O4S2. The minimum absolute atomic E-state index is 0.248. The Hall–Kier alpha value is -1.91. The quantitative estimate of drug-likeness (QED) is 0.639. The lowest BCUT2D eigenvalue weighted by molar-refractivity contribution is 0.0731. The molecule has 0 saturated carbocycles. The molecule has 1 aromatic carbocycles. The van der Waals surface area contributed by atoms with Gasteiger partial charge in [0.15, 0.2) is 0 Å². The number of morpholine rings is 1. The second-order valence-electron chi connectivity index (χ2n) is 6.33. The van der Waals surface area contributed by atoms with Crippen LogP contribution in [-0.4, -0.2) is 49.9 Å². The number of hydrogen-bond donors (Lipinski definition) is 2. The van der Waals surface area contributed by atoms with Gasteiger partial charge in [0.2, 0.25) is 0 Å². The van der Waals surface area contributed by atoms with Gasteiger partial charge in [0.05, 0.1) is 19.8 Å². The SMILES string of the molecule is O=C(NCc1ccc(S(=O)(=O)N2CCOCC2)s1)c1cc2cc(Cl)ccc2[nH]1. The molecule has 0 aliphatic carbocycles. The van der Waals surface area contributed by atoms with E-state index < -0.39 is 10.0 Å². The molecule has 1 amide bonds. The number of rotatable bonds is 5. The lowest BCUT2D eigenvalue weighted by Crippen LogP contribution is -2.40. The van der Waals surface area contributed by atoms with Crippen molar-refractivity contribution in [2.45, 2.75) is 10.8 Å². The van der Waals surface area contributed by atoms with Gasteiger partial charge in [-0.05, 0) is 36.4 Å². The van der Waals surface area contributed by atoms with Crippen LogP contribution in [0.3, 0.4) is 0 Å². The van der Waals surface area contributed by atoms with E-state index in [1.54, 1.807) is 30.3 Å². The van der Waals surface area contributed by atoms with E-state index >= 15 is 0 Å². The summed E-state index contributed by atoms with van der Waals surface area (Å²) in [7, 11) is -3.51. The molecule has 3 aromatic rings. The van der Waals surface area contributed by atoms with Gasteiger partial charge in [-0.25, -0.2) is 8.42 Å². The van der Waals surface area contributed by atoms with Gasteiger partial charge in [-0.15, -0.1) is 11.3 Å². The van der Waals surface area contributed by atoms with Crippen LogP contribution < -0.4 is 5.32 Å². The summed E-state index contributed by atoms with van der Waals surface area (Å²) >= 11 is 7.14. The number of nitrogens with zero attached hydrogens (tertiary/aromatic N) is 1. The van der Waals surface area contributed by atoms with E-state index in [4.69, 9.17) is 16.3 Å². The first-order valence-corrected chi connectivity index (χ1v) is 11.3. The summed E-state index contributed by atoms with van der Waals surface area (Å²) in [6.07, 6.45) is 0. The predicted molar refractivity (Wildman–Crippen MR) is 108 cm³/mol. The van der Waals surface area contributed by atoms with E-state index in [9.17, 15) is 13.2 Å². The minimum Gasteiger partial charge on any atom is -0.379 e. The number of amides is 1. The number of carbonyl (C=O) groups is 1. The first kappa shape index (κ1) is 19.4. The highest BCUT2D eigenvalue weighted by atomic mass is 35.5. The van der Waals surface area contributed by atoms with Gasteiger partial charge in [0.1, 0.15) is 9.90 Å². The third kappa shape index (κ3) is 3.94. The van der Waals surface area contributed by atoms with Crippen LogP contribution >= 0.6 is 22.9 Å². The van der Waals surface area contributed by atoms with Crippen LogP contribution in [0.5, 0.6) is 0 Å². The van der Waals surface area contributed by atoms with Crippen molar-refractivity contribution in [1.29, 1.82) is 0 Å². The highest BCUT2D eigenvalue weighted by molar-refractivity contribution is 7.91. The lowest BCUT2D eigenvalue weighted by Gasteiger charge is -2.25. The van der Waals surface area contributed by atoms with Crippen molar-refractivity contribution in [3.05, 3.63) is 52.0 Å². The van der Waals surface area contributed by atoms with Crippen molar-refractivity contribution in [3.63, 3.8) is 0 Å². The van der Waals surface area contributed by atoms with Crippen LogP contribution in [0.25, 0.3) is 10.9 Å². The fourth-order valence-corrected chi connectivity index (χ4v) is 6.03. The Morgan fingerprint density at radius 2 is 2.00 bits per heavy atom. The number of H-pyrrole nitrogens is 1. The first-order chi connectivity index (χ1) is 13.4. The van der Waals surface area contributed by atoms with Crippen molar-refractivity contribution in [3.8, 4) is 0 Å². The van der Waals surface area contributed by atoms with Crippen LogP contribution in [-0.2, 0) is 21.3 Å². The molecule has 1 aliphatic heterocycles. The Morgan fingerprint density at radius 1 is 1.21 bits per heavy atom. The molecule has 0 bridgehead atoms. The number of carbonyl (C=O) groups excluding carboxylic acids is 1. The molecule has 1 saturated heterocycles. The van der Waals surface area contributed by atoms with E-state index in [0.717, 1.165) is 27.1 Å². The average Bonchev–Trinajstić information content (AvgIpc) is 3.34. The predicted octanol–water partition coefficient (Wildman–Crippen LogP) is 2.83. The summed E-state index contributed by atoms with van der Waals surface area (Å²) in [4.78, 5) is 16.2. The first-order valence-electron chi connectivity index (χ1n) is 8.66. The molecule has 1 aliphatic rings. The number of ether oxygens (including phenoxy) is 1. The molecule has 2 N–H and O–H groups in total. The zero-order valence-corrected chi connectivity index (χ0v) is 17.2. The zero-order chi connectivity index (χ0) is 19.7. The zero-order valence-electron chi connectivity index (χ0n) is 14.8. The van der Waals surface area contributed by atoms with Crippen LogP contribution in [0.2, 0.25) is 5.02 Å². The number of sulfonamides is 1. The normalized spacial score (nSPS) is 15.8. The van der Waals surface area contributed by atoms with Gasteiger partial charge < -0.3 is 15.0 Å². The van der Waals surface area contributed by atoms with Gasteiger partial charge in [0.25, 0.3) is 15.9 Å². The second-order valence-corrected chi connectivity index (χ2v) is 10.1. The largest absolute Gasteiger partial charge is 0.379 e. The Labute approximate surface area is 171 Å². The molecule has 0 radical (unpaired) electrons. The van der Waals surface area contributed by atoms with Crippen molar-refractivity contribution in [2.75, 3.05) is 26.3 Å². The Kier molecular flexibility index (Phi) is 5.44. The smallest absolute Gasteiger partial charge is 0.268 e. The maximum absolute atomic E-state index is 12.7. The summed E-state index contributed by atoms with van der Waals surface area (Å²) < 4.78 is 32.2. The third-order valence-electron chi connectivity index (χ3n) is 4.45. The molecule has 28 heavy (non-hydrogen) atoms. The van der Waals surface area contributed by atoms with Crippen molar-refractivity contribution >= 4 is 49.8 Å². The average molecular weight is 440 g/mol. The number of hydrogen-bond acceptors (Lipinski definition) is 5. The number of halogens is 1. The van der Waals surface area contributed by atoms with E-state index in [1.807, 2.05) is 6.07 Å². The summed E-state index contributed by atoms with van der Waals surface area (Å²) in [6.45, 7) is 1.78. The topological polar surface area (TPSA) is 91.5 Å². The maximum Gasteiger partial charge on any atom is 0.268 e. The van der Waals surface area contributed by atoms with Gasteiger partial charge in [-0.1, -0.05) is 11.6 Å². The molecule has 0 spiro atoms. The number of benzene rings is 1. The van der Waals surface area contributed by atoms with Crippen molar-refractivity contribution < 1.29 is 17.9 Å². The summed E-state index contributed by atoms with van der Waals surface area (Å²) in [5.74, 6) is -0.265.